The second-order valence-electron chi connectivity index (χ2n) is 14.1. The summed E-state index contributed by atoms with van der Waals surface area (Å²) >= 11 is 0. The van der Waals surface area contributed by atoms with Crippen molar-refractivity contribution in [2.75, 3.05) is 0 Å². The van der Waals surface area contributed by atoms with Gasteiger partial charge in [-0.15, -0.1) is 0 Å². The Balaban J connectivity index is 1.04. The Morgan fingerprint density at radius 2 is 0.821 bits per heavy atom. The average Bonchev–Trinajstić information content (AvgIpc) is 3.80. The summed E-state index contributed by atoms with van der Waals surface area (Å²) in [4.78, 5) is 15.1. The van der Waals surface area contributed by atoms with Crippen LogP contribution in [0.25, 0.3) is 106 Å². The first-order valence-electron chi connectivity index (χ1n) is 18.8. The van der Waals surface area contributed by atoms with Gasteiger partial charge in [0.2, 0.25) is 0 Å². The molecule has 0 bridgehead atoms. The van der Waals surface area contributed by atoms with E-state index < -0.39 is 0 Å². The zero-order chi connectivity index (χ0) is 37.0. The van der Waals surface area contributed by atoms with Crippen molar-refractivity contribution in [2.45, 2.75) is 0 Å². The first-order chi connectivity index (χ1) is 27.7. The first-order valence-corrected chi connectivity index (χ1v) is 18.8. The highest BCUT2D eigenvalue weighted by atomic mass is 16.3. The standard InChI is InChI=1S/C51H32N4O/c1-4-13-33(14-5-1)35-23-26-40(27-24-35)55-45-22-11-10-21-41(45)43-32-48-44(31-46(43)55)42-28-25-39(30-47(42)56-48)51-53-49(36-17-8-3-9-18-36)52-50(54-51)38-20-12-19-37(29-38)34-15-6-2-7-16-34/h1-32H. The van der Waals surface area contributed by atoms with Gasteiger partial charge in [-0.25, -0.2) is 15.0 Å². The van der Waals surface area contributed by atoms with Crippen LogP contribution in [0.4, 0.5) is 0 Å². The molecule has 0 spiro atoms. The maximum Gasteiger partial charge on any atom is 0.164 e. The van der Waals surface area contributed by atoms with Gasteiger partial charge in [-0.2, -0.15) is 0 Å². The lowest BCUT2D eigenvalue weighted by molar-refractivity contribution is 0.669. The number of hydrogen-bond acceptors (Lipinski definition) is 4. The molecule has 0 aliphatic rings. The van der Waals surface area contributed by atoms with Crippen molar-refractivity contribution >= 4 is 43.7 Å². The minimum Gasteiger partial charge on any atom is -0.456 e. The molecule has 3 heterocycles. The van der Waals surface area contributed by atoms with E-state index in [-0.39, 0.29) is 0 Å². The first kappa shape index (κ1) is 31.9. The smallest absolute Gasteiger partial charge is 0.164 e. The fourth-order valence-electron chi connectivity index (χ4n) is 7.91. The van der Waals surface area contributed by atoms with Crippen molar-refractivity contribution < 1.29 is 4.42 Å². The van der Waals surface area contributed by atoms with Crippen molar-refractivity contribution in [3.05, 3.63) is 194 Å². The summed E-state index contributed by atoms with van der Waals surface area (Å²) in [5, 5.41) is 4.42. The molecule has 0 saturated heterocycles. The molecule has 0 atom stereocenters. The number of para-hydroxylation sites is 1. The van der Waals surface area contributed by atoms with Gasteiger partial charge >= 0.3 is 0 Å². The Labute approximate surface area is 322 Å². The van der Waals surface area contributed by atoms with Crippen LogP contribution in [-0.4, -0.2) is 19.5 Å². The summed E-state index contributed by atoms with van der Waals surface area (Å²) in [6.07, 6.45) is 0. The molecule has 0 unspecified atom stereocenters. The van der Waals surface area contributed by atoms with Gasteiger partial charge in [-0.3, -0.25) is 0 Å². The van der Waals surface area contributed by atoms with Crippen LogP contribution in [0.15, 0.2) is 199 Å². The maximum atomic E-state index is 6.67. The van der Waals surface area contributed by atoms with Crippen LogP contribution < -0.4 is 0 Å². The van der Waals surface area contributed by atoms with Crippen LogP contribution in [-0.2, 0) is 0 Å². The lowest BCUT2D eigenvalue weighted by Gasteiger charge is -2.10. The molecule has 11 rings (SSSR count). The number of rotatable bonds is 6. The van der Waals surface area contributed by atoms with E-state index in [1.165, 1.54) is 16.5 Å². The Morgan fingerprint density at radius 1 is 0.304 bits per heavy atom. The molecule has 3 aromatic heterocycles. The third-order valence-electron chi connectivity index (χ3n) is 10.7. The molecule has 0 amide bonds. The molecule has 0 aliphatic carbocycles. The lowest BCUT2D eigenvalue weighted by Crippen LogP contribution is -2.00. The van der Waals surface area contributed by atoms with Gasteiger partial charge < -0.3 is 8.98 Å². The van der Waals surface area contributed by atoms with Gasteiger partial charge in [0.15, 0.2) is 17.5 Å². The maximum absolute atomic E-state index is 6.67. The number of furan rings is 1. The van der Waals surface area contributed by atoms with Crippen molar-refractivity contribution in [3.8, 4) is 62.1 Å². The molecule has 0 aliphatic heterocycles. The molecule has 0 N–H and O–H groups in total. The molecule has 11 aromatic rings. The van der Waals surface area contributed by atoms with E-state index in [4.69, 9.17) is 19.4 Å². The largest absolute Gasteiger partial charge is 0.456 e. The highest BCUT2D eigenvalue weighted by molar-refractivity contribution is 6.17. The molecular formula is C51H32N4O. The summed E-state index contributed by atoms with van der Waals surface area (Å²) in [5.41, 5.74) is 12.4. The third-order valence-corrected chi connectivity index (χ3v) is 10.7. The highest BCUT2D eigenvalue weighted by Gasteiger charge is 2.18. The molecule has 0 fully saturated rings. The average molecular weight is 717 g/mol. The van der Waals surface area contributed by atoms with E-state index >= 15 is 0 Å². The van der Waals surface area contributed by atoms with Crippen LogP contribution in [0, 0.1) is 0 Å². The van der Waals surface area contributed by atoms with Gasteiger partial charge in [-0.1, -0.05) is 146 Å². The van der Waals surface area contributed by atoms with E-state index in [1.54, 1.807) is 0 Å². The SMILES string of the molecule is c1ccc(-c2ccc(-n3c4ccccc4c4cc5oc6cc(-c7nc(-c8ccccc8)nc(-c8cccc(-c9ccccc9)c8)n7)ccc6c5cc43)cc2)cc1. The minimum atomic E-state index is 0.586. The van der Waals surface area contributed by atoms with E-state index in [1.807, 2.05) is 36.4 Å². The van der Waals surface area contributed by atoms with Gasteiger partial charge in [-0.05, 0) is 70.8 Å². The van der Waals surface area contributed by atoms with E-state index in [2.05, 4.69) is 162 Å². The number of nitrogens with zero attached hydrogens (tertiary/aromatic N) is 4. The second kappa shape index (κ2) is 13.0. The monoisotopic (exact) mass is 716 g/mol. The highest BCUT2D eigenvalue weighted by Crippen LogP contribution is 2.39. The van der Waals surface area contributed by atoms with Crippen LogP contribution in [0.5, 0.6) is 0 Å². The van der Waals surface area contributed by atoms with Crippen LogP contribution in [0.3, 0.4) is 0 Å². The number of hydrogen-bond donors (Lipinski definition) is 0. The van der Waals surface area contributed by atoms with Gasteiger partial charge in [0.1, 0.15) is 11.2 Å². The van der Waals surface area contributed by atoms with Gasteiger partial charge in [0.25, 0.3) is 0 Å². The second-order valence-corrected chi connectivity index (χ2v) is 14.1. The zero-order valence-corrected chi connectivity index (χ0v) is 30.2. The summed E-state index contributed by atoms with van der Waals surface area (Å²) < 4.78 is 9.02. The number of benzene rings is 8. The molecule has 0 radical (unpaired) electrons. The van der Waals surface area contributed by atoms with Crippen LogP contribution >= 0.6 is 0 Å². The molecule has 5 heteroatoms. The van der Waals surface area contributed by atoms with Crippen molar-refractivity contribution in [3.63, 3.8) is 0 Å². The van der Waals surface area contributed by atoms with Crippen molar-refractivity contribution in [2.24, 2.45) is 0 Å². The van der Waals surface area contributed by atoms with Crippen molar-refractivity contribution in [1.29, 1.82) is 0 Å². The molecule has 8 aromatic carbocycles. The van der Waals surface area contributed by atoms with E-state index in [0.29, 0.717) is 17.5 Å². The van der Waals surface area contributed by atoms with Crippen LogP contribution in [0.2, 0.25) is 0 Å². The fourth-order valence-corrected chi connectivity index (χ4v) is 7.91. The topological polar surface area (TPSA) is 56.7 Å². The Hall–Kier alpha value is -7.63. The van der Waals surface area contributed by atoms with Crippen LogP contribution in [0.1, 0.15) is 0 Å². The summed E-state index contributed by atoms with van der Waals surface area (Å²) in [6.45, 7) is 0. The van der Waals surface area contributed by atoms with Crippen molar-refractivity contribution in [1.82, 2.24) is 19.5 Å². The number of aromatic nitrogens is 4. The Kier molecular flexibility index (Phi) is 7.42. The minimum absolute atomic E-state index is 0.586. The molecular weight excluding hydrogens is 685 g/mol. The predicted octanol–water partition coefficient (Wildman–Crippen LogP) is 13.2. The van der Waals surface area contributed by atoms with Gasteiger partial charge in [0.05, 0.1) is 11.0 Å². The normalized spacial score (nSPS) is 11.6. The Bertz CT molecular complexity index is 3220. The quantitative estimate of drug-likeness (QED) is 0.172. The summed E-state index contributed by atoms with van der Waals surface area (Å²) in [6, 6.07) is 67.5. The molecule has 5 nitrogen and oxygen atoms in total. The zero-order valence-electron chi connectivity index (χ0n) is 30.2. The predicted molar refractivity (Wildman–Crippen MR) is 229 cm³/mol. The molecule has 56 heavy (non-hydrogen) atoms. The van der Waals surface area contributed by atoms with E-state index in [0.717, 1.165) is 71.9 Å². The van der Waals surface area contributed by atoms with E-state index in [9.17, 15) is 0 Å². The van der Waals surface area contributed by atoms with Gasteiger partial charge in [0, 0.05) is 43.9 Å². The Morgan fingerprint density at radius 3 is 1.54 bits per heavy atom. The lowest BCUT2D eigenvalue weighted by atomic mass is 10.0. The fraction of sp³-hybridized carbons (Fsp3) is 0. The molecule has 262 valence electrons. The third kappa shape index (κ3) is 5.45. The number of fused-ring (bicyclic) bond motifs is 6. The summed E-state index contributed by atoms with van der Waals surface area (Å²) in [7, 11) is 0. The summed E-state index contributed by atoms with van der Waals surface area (Å²) in [5.74, 6) is 1.82. The molecule has 0 saturated carbocycles.